The summed E-state index contributed by atoms with van der Waals surface area (Å²) in [5.74, 6) is 0. The average molecular weight is 903 g/mol. The molecule has 0 unspecified atom stereocenters. The van der Waals surface area contributed by atoms with Gasteiger partial charge in [0.2, 0.25) is 0 Å². The second-order valence-electron chi connectivity index (χ2n) is 21.4. The first-order chi connectivity index (χ1) is 22.1. The molecule has 3 aromatic carbocycles. The number of hydrogen-bond donors (Lipinski definition) is 0. The third kappa shape index (κ3) is 9.26. The van der Waals surface area contributed by atoms with E-state index >= 15 is 0 Å². The van der Waals surface area contributed by atoms with Gasteiger partial charge in [-0.05, 0) is 0 Å². The zero-order valence-electron chi connectivity index (χ0n) is 34.5. The van der Waals surface area contributed by atoms with Crippen LogP contribution in [0.2, 0.25) is 118 Å². The second-order valence-corrected chi connectivity index (χ2v) is 75.2. The quantitative estimate of drug-likeness (QED) is 0.166. The predicted molar refractivity (Wildman–Crippen MR) is 253 cm³/mol. The molecule has 1 heterocycles. The molecule has 0 aromatic heterocycles. The minimum absolute atomic E-state index is 0.521. The van der Waals surface area contributed by atoms with Gasteiger partial charge in [-0.1, -0.05) is 0 Å². The molecule has 3 aromatic rings. The van der Waals surface area contributed by atoms with Crippen LogP contribution in [-0.4, -0.2) is 69.7 Å². The summed E-state index contributed by atoms with van der Waals surface area (Å²) in [4.78, 5) is 0. The molecule has 0 amide bonds. The second kappa shape index (κ2) is 14.7. The van der Waals surface area contributed by atoms with E-state index < -0.39 is 64.4 Å². The Labute approximate surface area is 319 Å². The van der Waals surface area contributed by atoms with Crippen LogP contribution in [0.1, 0.15) is 32.2 Å². The zero-order valence-corrected chi connectivity index (χ0v) is 44.7. The Morgan fingerprint density at radius 1 is 0.429 bits per heavy atom. The summed E-state index contributed by atoms with van der Waals surface area (Å²) in [6, 6.07) is 29.3. The molecule has 1 fully saturated rings. The van der Waals surface area contributed by atoms with Crippen LogP contribution in [0.5, 0.6) is 0 Å². The van der Waals surface area contributed by atoms with Gasteiger partial charge in [-0.15, -0.1) is 0 Å². The van der Waals surface area contributed by atoms with Crippen molar-refractivity contribution < 1.29 is 0 Å². The molecule has 49 heavy (non-hydrogen) atoms. The topological polar surface area (TPSA) is 0 Å². The van der Waals surface area contributed by atoms with Crippen molar-refractivity contribution in [3.8, 4) is 0 Å². The normalized spacial score (nSPS) is 16.5. The summed E-state index contributed by atoms with van der Waals surface area (Å²) >= 11 is -2.91. The first kappa shape index (κ1) is 42.3. The van der Waals surface area contributed by atoms with Crippen molar-refractivity contribution in [3.63, 3.8) is 0 Å². The standard InChI is InChI=1S/C27H59BS2Si6.2C6H5.Sb/c1-31(2,3)25(32(4,5)6)21-19-22(26(33(7,8)9)34(10,11)12)24(28(29)30)23(20-21)27(35(13,14)15)36(16,17)18;2*1-2-4-6-5-3-1;/h19-20,25-27H,1-18H3;2*1-5H;/q-2;;;+2. The molecule has 0 N–H and O–H groups in total. The van der Waals surface area contributed by atoms with Crippen molar-refractivity contribution in [1.29, 1.82) is 0 Å². The molecule has 0 bridgehead atoms. The van der Waals surface area contributed by atoms with E-state index in [9.17, 15) is 0 Å². The van der Waals surface area contributed by atoms with E-state index in [1.807, 2.05) is 16.6 Å². The van der Waals surface area contributed by atoms with E-state index in [-0.39, 0.29) is 0 Å². The molecule has 0 spiro atoms. The van der Waals surface area contributed by atoms with Crippen molar-refractivity contribution in [2.24, 2.45) is 0 Å². The number of rotatable bonds is 12. The number of hydrogen-bond acceptors (Lipinski definition) is 2. The Morgan fingerprint density at radius 3 is 0.980 bits per heavy atom. The summed E-state index contributed by atoms with van der Waals surface area (Å²) < 4.78 is 3.27. The maximum atomic E-state index is 2.91. The molecule has 1 aliphatic rings. The van der Waals surface area contributed by atoms with Gasteiger partial charge in [0.05, 0.1) is 0 Å². The van der Waals surface area contributed by atoms with Crippen LogP contribution in [-0.2, 0) is 0 Å². The summed E-state index contributed by atoms with van der Waals surface area (Å²) in [5, 5.41) is 2.75. The Balaban J connectivity index is 2.17. The van der Waals surface area contributed by atoms with Crippen LogP contribution in [0.4, 0.5) is 0 Å². The van der Waals surface area contributed by atoms with Gasteiger partial charge in [-0.3, -0.25) is 0 Å². The molecule has 0 saturated carbocycles. The first-order valence-electron chi connectivity index (χ1n) is 18.6. The average Bonchev–Trinajstić information content (AvgIpc) is 2.85. The number of benzene rings is 3. The van der Waals surface area contributed by atoms with E-state index in [1.165, 1.54) is 0 Å². The van der Waals surface area contributed by atoms with Gasteiger partial charge in [0, 0.05) is 0 Å². The third-order valence-electron chi connectivity index (χ3n) is 10.3. The van der Waals surface area contributed by atoms with Gasteiger partial charge >= 0.3 is 322 Å². The first-order valence-corrected chi connectivity index (χ1v) is 50.6. The van der Waals surface area contributed by atoms with E-state index in [0.717, 1.165) is 15.5 Å². The molecule has 0 nitrogen and oxygen atoms in total. The molecule has 1 radical (unpaired) electrons. The van der Waals surface area contributed by atoms with Crippen LogP contribution in [0.15, 0.2) is 72.8 Å². The Bertz CT molecular complexity index is 1450. The molecule has 4 rings (SSSR count). The molecule has 10 heteroatoms. The molecule has 0 atom stereocenters. The van der Waals surface area contributed by atoms with E-state index in [2.05, 4.69) is 208 Å². The Hall–Kier alpha value is 0.544. The van der Waals surface area contributed by atoms with Gasteiger partial charge in [-0.25, -0.2) is 0 Å². The van der Waals surface area contributed by atoms with E-state index in [0.29, 0.717) is 5.27 Å². The molecular weight excluding hydrogens is 834 g/mol. The molecule has 1 saturated heterocycles. The SMILES string of the molecule is C[Si](C)(C)C(c1cc(C([Si](C)(C)C)[Si](C)(C)C)c(B2[S][Sb]([c]3ccccc3)([c]3ccccc3)[S]2)c(C([Si](C)(C)C)[Si](C)(C)C)c1)[Si](C)(C)C. The molecule has 0 aliphatic carbocycles. The zero-order chi connectivity index (χ0) is 37.2. The Morgan fingerprint density at radius 2 is 0.714 bits per heavy atom. The molecular formula is C39H69BS2SbSi6. The van der Waals surface area contributed by atoms with E-state index in [1.54, 1.807) is 12.6 Å². The van der Waals surface area contributed by atoms with Gasteiger partial charge < -0.3 is 0 Å². The maximum absolute atomic E-state index is 2.91. The van der Waals surface area contributed by atoms with Crippen LogP contribution in [0, 0.1) is 0 Å². The van der Waals surface area contributed by atoms with Gasteiger partial charge in [-0.2, -0.15) is 0 Å². The van der Waals surface area contributed by atoms with Crippen molar-refractivity contribution in [3.05, 3.63) is 89.5 Å². The van der Waals surface area contributed by atoms with Crippen molar-refractivity contribution in [2.75, 3.05) is 0 Å². The van der Waals surface area contributed by atoms with Crippen LogP contribution < -0.4 is 12.5 Å². The summed E-state index contributed by atoms with van der Waals surface area (Å²) in [7, 11) is -4.45. The van der Waals surface area contributed by atoms with Gasteiger partial charge in [0.25, 0.3) is 0 Å². The Kier molecular flexibility index (Phi) is 12.6. The summed E-state index contributed by atoms with van der Waals surface area (Å²) in [6.07, 6.45) is 0. The summed E-state index contributed by atoms with van der Waals surface area (Å²) in [5.41, 5.74) is 7.24. The fourth-order valence-electron chi connectivity index (χ4n) is 10.4. The van der Waals surface area contributed by atoms with Crippen LogP contribution in [0.3, 0.4) is 0 Å². The molecule has 1 aliphatic heterocycles. The van der Waals surface area contributed by atoms with Gasteiger partial charge in [0.15, 0.2) is 0 Å². The van der Waals surface area contributed by atoms with Gasteiger partial charge in [0.1, 0.15) is 0 Å². The molecule has 269 valence electrons. The van der Waals surface area contributed by atoms with Crippen LogP contribution >= 0.6 is 17.4 Å². The van der Waals surface area contributed by atoms with E-state index in [4.69, 9.17) is 0 Å². The van der Waals surface area contributed by atoms with Crippen molar-refractivity contribution in [1.82, 2.24) is 0 Å². The van der Waals surface area contributed by atoms with Crippen LogP contribution in [0.25, 0.3) is 0 Å². The predicted octanol–water partition coefficient (Wildman–Crippen LogP) is 11.6. The monoisotopic (exact) mass is 901 g/mol. The fraction of sp³-hybridized carbons (Fsp3) is 0.538. The minimum atomic E-state index is -2.91. The fourth-order valence-corrected chi connectivity index (χ4v) is 75.4. The van der Waals surface area contributed by atoms with Crippen molar-refractivity contribution >= 4 is 99.6 Å². The summed E-state index contributed by atoms with van der Waals surface area (Å²) in [6.45, 7) is 48.5. The third-order valence-corrected chi connectivity index (χ3v) is 66.2. The van der Waals surface area contributed by atoms with Crippen molar-refractivity contribution in [2.45, 2.75) is 133 Å².